The van der Waals surface area contributed by atoms with E-state index in [2.05, 4.69) is 0 Å². The van der Waals surface area contributed by atoms with E-state index in [9.17, 15) is 9.18 Å². The molecular weight excluding hydrogens is 155 g/mol. The summed E-state index contributed by atoms with van der Waals surface area (Å²) in [5, 5.41) is 0. The van der Waals surface area contributed by atoms with E-state index in [1.54, 1.807) is 0 Å². The fourth-order valence-electron chi connectivity index (χ4n) is 3.01. The van der Waals surface area contributed by atoms with E-state index in [1.165, 1.54) is 0 Å². The predicted octanol–water partition coefficient (Wildman–Crippen LogP) is 2.35. The highest BCUT2D eigenvalue weighted by Crippen LogP contribution is 2.63. The fraction of sp³-hybridized carbons (Fsp3) is 0.900. The Morgan fingerprint density at radius 1 is 1.58 bits per heavy atom. The van der Waals surface area contributed by atoms with Crippen LogP contribution >= 0.6 is 0 Å². The molecule has 0 aromatic heterocycles. The average molecular weight is 170 g/mol. The molecule has 0 saturated heterocycles. The minimum absolute atomic E-state index is 0.291. The minimum Gasteiger partial charge on any atom is -0.299 e. The molecule has 0 radical (unpaired) electrons. The summed E-state index contributed by atoms with van der Waals surface area (Å²) in [6.07, 6.45) is 2.57. The first-order chi connectivity index (χ1) is 5.54. The molecule has 0 amide bonds. The van der Waals surface area contributed by atoms with Crippen LogP contribution in [0.4, 0.5) is 4.39 Å². The second-order valence-corrected chi connectivity index (χ2v) is 4.75. The number of hydrogen-bond donors (Lipinski definition) is 0. The lowest BCUT2D eigenvalue weighted by atomic mass is 9.70. The van der Waals surface area contributed by atoms with Crippen molar-refractivity contribution in [2.24, 2.45) is 16.7 Å². The monoisotopic (exact) mass is 170 g/mol. The molecule has 2 saturated carbocycles. The van der Waals surface area contributed by atoms with Crippen molar-refractivity contribution in [1.82, 2.24) is 0 Å². The summed E-state index contributed by atoms with van der Waals surface area (Å²) in [5.74, 6) is 0.610. The van der Waals surface area contributed by atoms with E-state index >= 15 is 0 Å². The third kappa shape index (κ3) is 0.629. The summed E-state index contributed by atoms with van der Waals surface area (Å²) < 4.78 is 12.9. The Morgan fingerprint density at radius 3 is 2.50 bits per heavy atom. The van der Waals surface area contributed by atoms with Gasteiger partial charge < -0.3 is 0 Å². The van der Waals surface area contributed by atoms with Crippen LogP contribution in [0.3, 0.4) is 0 Å². The molecular formula is C10H15FO. The smallest absolute Gasteiger partial charge is 0.139 e. The van der Waals surface area contributed by atoms with Crippen LogP contribution in [0.2, 0.25) is 0 Å². The van der Waals surface area contributed by atoms with Crippen LogP contribution in [-0.4, -0.2) is 12.5 Å². The Morgan fingerprint density at radius 2 is 2.25 bits per heavy atom. The first kappa shape index (κ1) is 8.21. The van der Waals surface area contributed by atoms with E-state index in [1.807, 2.05) is 13.8 Å². The Bertz CT molecular complexity index is 238. The quantitative estimate of drug-likeness (QED) is 0.590. The summed E-state index contributed by atoms with van der Waals surface area (Å²) in [7, 11) is 0. The highest BCUT2D eigenvalue weighted by atomic mass is 19.1. The number of Topliss-reactive ketones (excluding diaryl/α,β-unsaturated/α-hetero) is 1. The Hall–Kier alpha value is -0.400. The number of rotatable bonds is 1. The van der Waals surface area contributed by atoms with Gasteiger partial charge in [0.25, 0.3) is 0 Å². The molecule has 2 fully saturated rings. The lowest BCUT2D eigenvalue weighted by Gasteiger charge is -2.33. The first-order valence-corrected chi connectivity index (χ1v) is 4.64. The molecule has 12 heavy (non-hydrogen) atoms. The van der Waals surface area contributed by atoms with Crippen molar-refractivity contribution in [2.75, 3.05) is 6.67 Å². The molecule has 3 atom stereocenters. The van der Waals surface area contributed by atoms with Crippen molar-refractivity contribution < 1.29 is 9.18 Å². The van der Waals surface area contributed by atoms with Gasteiger partial charge in [0.1, 0.15) is 5.78 Å². The number of carbonyl (C=O) groups excluding carboxylic acids is 1. The van der Waals surface area contributed by atoms with Crippen molar-refractivity contribution in [1.29, 1.82) is 0 Å². The van der Waals surface area contributed by atoms with Crippen LogP contribution < -0.4 is 0 Å². The molecule has 0 N–H and O–H groups in total. The maximum absolute atomic E-state index is 12.9. The first-order valence-electron chi connectivity index (χ1n) is 4.64. The van der Waals surface area contributed by atoms with Gasteiger partial charge in [-0.3, -0.25) is 9.18 Å². The van der Waals surface area contributed by atoms with Crippen molar-refractivity contribution in [3.63, 3.8) is 0 Å². The lowest BCUT2D eigenvalue weighted by molar-refractivity contribution is -0.128. The number of fused-ring (bicyclic) bond motifs is 2. The van der Waals surface area contributed by atoms with Crippen LogP contribution in [-0.2, 0) is 4.79 Å². The van der Waals surface area contributed by atoms with Crippen molar-refractivity contribution in [3.8, 4) is 0 Å². The lowest BCUT2D eigenvalue weighted by Crippen LogP contribution is -2.36. The largest absolute Gasteiger partial charge is 0.299 e. The Labute approximate surface area is 72.3 Å². The van der Waals surface area contributed by atoms with E-state index in [4.69, 9.17) is 0 Å². The average Bonchev–Trinajstić information content (AvgIpc) is 2.39. The fourth-order valence-corrected chi connectivity index (χ4v) is 3.01. The molecule has 0 aromatic carbocycles. The number of alkyl halides is 1. The molecule has 0 aromatic rings. The van der Waals surface area contributed by atoms with E-state index in [0.29, 0.717) is 18.1 Å². The standard InChI is InChI=1S/C10H15FO/c1-9-4-3-7(5-8(9)12)10(9,2)6-11/h7H,3-6H2,1-2H3/t7-,9+,10+/m0/s1. The zero-order chi connectivity index (χ0) is 8.98. The number of hydrogen-bond acceptors (Lipinski definition) is 1. The summed E-state index contributed by atoms with van der Waals surface area (Å²) in [5.41, 5.74) is -0.684. The number of halogens is 1. The van der Waals surface area contributed by atoms with E-state index in [0.717, 1.165) is 12.8 Å². The summed E-state index contributed by atoms with van der Waals surface area (Å²) in [6, 6.07) is 0. The number of carbonyl (C=O) groups is 1. The molecule has 2 aliphatic rings. The van der Waals surface area contributed by atoms with Gasteiger partial charge in [-0.15, -0.1) is 0 Å². The van der Waals surface area contributed by atoms with Gasteiger partial charge >= 0.3 is 0 Å². The van der Waals surface area contributed by atoms with Gasteiger partial charge in [0.15, 0.2) is 0 Å². The van der Waals surface area contributed by atoms with Crippen molar-refractivity contribution in [2.45, 2.75) is 33.1 Å². The molecule has 0 spiro atoms. The van der Waals surface area contributed by atoms with Crippen LogP contribution in [0.5, 0.6) is 0 Å². The second kappa shape index (κ2) is 2.09. The van der Waals surface area contributed by atoms with Gasteiger partial charge in [-0.2, -0.15) is 0 Å². The molecule has 1 nitrogen and oxygen atoms in total. The summed E-state index contributed by atoms with van der Waals surface area (Å²) >= 11 is 0. The van der Waals surface area contributed by atoms with Gasteiger partial charge in [0.2, 0.25) is 0 Å². The van der Waals surface area contributed by atoms with E-state index in [-0.39, 0.29) is 17.5 Å². The molecule has 0 unspecified atom stereocenters. The van der Waals surface area contributed by atoms with Crippen molar-refractivity contribution >= 4 is 5.78 Å². The topological polar surface area (TPSA) is 17.1 Å². The second-order valence-electron chi connectivity index (χ2n) is 4.75. The third-order valence-electron chi connectivity index (χ3n) is 4.48. The zero-order valence-electron chi connectivity index (χ0n) is 7.69. The normalized spacial score (nSPS) is 51.9. The Kier molecular flexibility index (Phi) is 1.43. The van der Waals surface area contributed by atoms with Crippen LogP contribution in [0.15, 0.2) is 0 Å². The molecule has 2 bridgehead atoms. The molecule has 0 aliphatic heterocycles. The molecule has 0 heterocycles. The third-order valence-corrected chi connectivity index (χ3v) is 4.48. The predicted molar refractivity (Wildman–Crippen MR) is 44.5 cm³/mol. The summed E-state index contributed by atoms with van der Waals surface area (Å²) in [4.78, 5) is 11.6. The maximum atomic E-state index is 12.9. The van der Waals surface area contributed by atoms with Gasteiger partial charge in [-0.25, -0.2) is 0 Å². The maximum Gasteiger partial charge on any atom is 0.139 e. The van der Waals surface area contributed by atoms with Gasteiger partial charge in [0, 0.05) is 17.3 Å². The summed E-state index contributed by atoms with van der Waals surface area (Å²) in [6.45, 7) is 3.55. The van der Waals surface area contributed by atoms with Gasteiger partial charge in [-0.05, 0) is 18.8 Å². The Balaban J connectivity index is 2.44. The highest BCUT2D eigenvalue weighted by Gasteiger charge is 2.63. The highest BCUT2D eigenvalue weighted by molar-refractivity contribution is 5.89. The van der Waals surface area contributed by atoms with Crippen LogP contribution in [0.25, 0.3) is 0 Å². The van der Waals surface area contributed by atoms with Crippen molar-refractivity contribution in [3.05, 3.63) is 0 Å². The molecule has 2 rings (SSSR count). The van der Waals surface area contributed by atoms with Crippen LogP contribution in [0.1, 0.15) is 33.1 Å². The van der Waals surface area contributed by atoms with Crippen LogP contribution in [0, 0.1) is 16.7 Å². The molecule has 68 valence electrons. The zero-order valence-corrected chi connectivity index (χ0v) is 7.69. The molecule has 2 aliphatic carbocycles. The molecule has 2 heteroatoms. The van der Waals surface area contributed by atoms with Gasteiger partial charge in [-0.1, -0.05) is 13.8 Å². The minimum atomic E-state index is -0.343. The van der Waals surface area contributed by atoms with E-state index < -0.39 is 0 Å². The number of ketones is 1. The van der Waals surface area contributed by atoms with Gasteiger partial charge in [0.05, 0.1) is 6.67 Å². The SMILES string of the molecule is C[C@@]12CC[C@@H](CC1=O)[C@@]2(C)CF.